The summed E-state index contributed by atoms with van der Waals surface area (Å²) in [4.78, 5) is 17.6. The van der Waals surface area contributed by atoms with Gasteiger partial charge in [0.2, 0.25) is 0 Å². The van der Waals surface area contributed by atoms with Gasteiger partial charge in [0, 0.05) is 0 Å². The van der Waals surface area contributed by atoms with Crippen LogP contribution in [0.4, 0.5) is 4.79 Å². The Labute approximate surface area is 182 Å². The van der Waals surface area contributed by atoms with E-state index in [-0.39, 0.29) is 17.8 Å². The maximum absolute atomic E-state index is 13.3. The van der Waals surface area contributed by atoms with E-state index in [4.69, 9.17) is 4.74 Å². The molecule has 4 N–H and O–H groups in total. The molecule has 3 rings (SSSR count). The first-order valence-electron chi connectivity index (χ1n) is 11.0. The van der Waals surface area contributed by atoms with Crippen LogP contribution >= 0.6 is 0 Å². The zero-order valence-corrected chi connectivity index (χ0v) is 18.5. The zero-order valence-electron chi connectivity index (χ0n) is 18.5. The molecule has 0 spiro atoms. The molecule has 0 radical (unpaired) electrons. The summed E-state index contributed by atoms with van der Waals surface area (Å²) in [5, 5.41) is 40.7. The molecule has 1 aromatic carbocycles. The standard InChI is InChI=1S/C23H34N2O6/c1-12(2)15-10-9-13(3)11-18(15)31-23(30)25-17-8-6-5-7-16(17)24-22(25)21(29)20(28)19(27)14(4)26/h5-8,12-15,18-21,26-29H,9-11H2,1-4H3. The van der Waals surface area contributed by atoms with Crippen molar-refractivity contribution < 1.29 is 30.0 Å². The highest BCUT2D eigenvalue weighted by molar-refractivity contribution is 5.87. The number of carbonyl (C=O) groups is 1. The fraction of sp³-hybridized carbons (Fsp3) is 0.652. The van der Waals surface area contributed by atoms with E-state index in [2.05, 4.69) is 25.8 Å². The molecule has 8 nitrogen and oxygen atoms in total. The van der Waals surface area contributed by atoms with Crippen molar-refractivity contribution in [2.45, 2.75) is 77.5 Å². The Kier molecular flexibility index (Phi) is 7.36. The van der Waals surface area contributed by atoms with E-state index in [0.717, 1.165) is 23.8 Å². The van der Waals surface area contributed by atoms with Crippen LogP contribution in [-0.4, -0.2) is 60.5 Å². The van der Waals surface area contributed by atoms with Crippen LogP contribution in [0.1, 0.15) is 58.9 Å². The molecular formula is C23H34N2O6. The molecule has 0 amide bonds. The fourth-order valence-electron chi connectivity index (χ4n) is 4.49. The van der Waals surface area contributed by atoms with E-state index in [1.54, 1.807) is 24.3 Å². The molecule has 1 fully saturated rings. The topological polar surface area (TPSA) is 125 Å². The van der Waals surface area contributed by atoms with E-state index in [9.17, 15) is 25.2 Å². The van der Waals surface area contributed by atoms with Gasteiger partial charge in [-0.05, 0) is 49.7 Å². The Hall–Kier alpha value is -2.00. The number of fused-ring (bicyclic) bond motifs is 1. The second-order valence-corrected chi connectivity index (χ2v) is 9.21. The lowest BCUT2D eigenvalue weighted by Crippen LogP contribution is -2.41. The van der Waals surface area contributed by atoms with Crippen molar-refractivity contribution in [3.05, 3.63) is 30.1 Å². The number of rotatable bonds is 6. The SMILES string of the molecule is CC1CCC(C(C)C)C(OC(=O)n2c(C(O)C(O)C(O)C(C)O)nc3ccccc32)C1. The molecule has 1 aliphatic rings. The lowest BCUT2D eigenvalue weighted by Gasteiger charge is -2.36. The Morgan fingerprint density at radius 1 is 1.10 bits per heavy atom. The molecule has 8 heteroatoms. The van der Waals surface area contributed by atoms with Crippen molar-refractivity contribution in [1.82, 2.24) is 9.55 Å². The Bertz CT molecular complexity index is 895. The number of benzene rings is 1. The Morgan fingerprint density at radius 2 is 1.77 bits per heavy atom. The number of aromatic nitrogens is 2. The van der Waals surface area contributed by atoms with Crippen molar-refractivity contribution in [3.8, 4) is 0 Å². The highest BCUT2D eigenvalue weighted by atomic mass is 16.6. The van der Waals surface area contributed by atoms with Gasteiger partial charge in [-0.2, -0.15) is 0 Å². The lowest BCUT2D eigenvalue weighted by atomic mass is 9.75. The average molecular weight is 435 g/mol. The van der Waals surface area contributed by atoms with Gasteiger partial charge in [-0.3, -0.25) is 0 Å². The summed E-state index contributed by atoms with van der Waals surface area (Å²) in [6, 6.07) is 6.86. The van der Waals surface area contributed by atoms with Gasteiger partial charge >= 0.3 is 6.09 Å². The van der Waals surface area contributed by atoms with E-state index >= 15 is 0 Å². The van der Waals surface area contributed by atoms with Gasteiger partial charge < -0.3 is 25.2 Å². The second-order valence-electron chi connectivity index (χ2n) is 9.21. The number of carbonyl (C=O) groups excluding carboxylic acids is 1. The first-order chi connectivity index (χ1) is 14.6. The number of nitrogens with zero attached hydrogens (tertiary/aromatic N) is 2. The third-order valence-electron chi connectivity index (χ3n) is 6.42. The van der Waals surface area contributed by atoms with E-state index in [1.165, 1.54) is 6.92 Å². The van der Waals surface area contributed by atoms with Crippen LogP contribution in [0.5, 0.6) is 0 Å². The van der Waals surface area contributed by atoms with Crippen molar-refractivity contribution in [2.24, 2.45) is 17.8 Å². The minimum atomic E-state index is -1.73. The summed E-state index contributed by atoms with van der Waals surface area (Å²) in [7, 11) is 0. The van der Waals surface area contributed by atoms with Crippen LogP contribution in [0.2, 0.25) is 0 Å². The molecule has 7 unspecified atom stereocenters. The number of aliphatic hydroxyl groups is 4. The van der Waals surface area contributed by atoms with Crippen LogP contribution in [0.3, 0.4) is 0 Å². The minimum absolute atomic E-state index is 0.136. The number of hydrogen-bond acceptors (Lipinski definition) is 7. The predicted octanol–water partition coefficient (Wildman–Crippen LogP) is 2.62. The highest BCUT2D eigenvalue weighted by Crippen LogP contribution is 2.36. The summed E-state index contributed by atoms with van der Waals surface area (Å²) >= 11 is 0. The smallest absolute Gasteiger partial charge is 0.420 e. The number of para-hydroxylation sites is 2. The molecular weight excluding hydrogens is 400 g/mol. The predicted molar refractivity (Wildman–Crippen MR) is 115 cm³/mol. The minimum Gasteiger partial charge on any atom is -0.445 e. The second kappa shape index (κ2) is 9.65. The van der Waals surface area contributed by atoms with Crippen molar-refractivity contribution in [1.29, 1.82) is 0 Å². The lowest BCUT2D eigenvalue weighted by molar-refractivity contribution is -0.104. The van der Waals surface area contributed by atoms with E-state index < -0.39 is 30.5 Å². The monoisotopic (exact) mass is 434 g/mol. The van der Waals surface area contributed by atoms with Gasteiger partial charge in [0.25, 0.3) is 0 Å². The van der Waals surface area contributed by atoms with E-state index in [0.29, 0.717) is 22.9 Å². The average Bonchev–Trinajstić information content (AvgIpc) is 3.11. The first-order valence-corrected chi connectivity index (χ1v) is 11.0. The maximum atomic E-state index is 13.3. The number of aliphatic hydroxyl groups excluding tert-OH is 4. The van der Waals surface area contributed by atoms with Crippen LogP contribution < -0.4 is 0 Å². The van der Waals surface area contributed by atoms with Gasteiger partial charge in [0.15, 0.2) is 5.82 Å². The fourth-order valence-corrected chi connectivity index (χ4v) is 4.49. The Balaban J connectivity index is 1.96. The molecule has 0 aliphatic heterocycles. The van der Waals surface area contributed by atoms with Crippen molar-refractivity contribution >= 4 is 17.1 Å². The maximum Gasteiger partial charge on any atom is 0.420 e. The van der Waals surface area contributed by atoms with Gasteiger partial charge in [-0.1, -0.05) is 39.3 Å². The summed E-state index contributed by atoms with van der Waals surface area (Å²) in [6.07, 6.45) is -4.40. The van der Waals surface area contributed by atoms with Gasteiger partial charge in [-0.15, -0.1) is 0 Å². The number of hydrogen-bond donors (Lipinski definition) is 4. The van der Waals surface area contributed by atoms with Crippen LogP contribution in [0.25, 0.3) is 11.0 Å². The van der Waals surface area contributed by atoms with Crippen molar-refractivity contribution in [3.63, 3.8) is 0 Å². The molecule has 7 atom stereocenters. The number of ether oxygens (including phenoxy) is 1. The van der Waals surface area contributed by atoms with Crippen LogP contribution in [0.15, 0.2) is 24.3 Å². The van der Waals surface area contributed by atoms with Gasteiger partial charge in [0.1, 0.15) is 24.4 Å². The third-order valence-corrected chi connectivity index (χ3v) is 6.42. The molecule has 0 bridgehead atoms. The summed E-state index contributed by atoms with van der Waals surface area (Å²) in [5.74, 6) is 0.910. The molecule has 1 aliphatic carbocycles. The third kappa shape index (κ3) is 4.92. The van der Waals surface area contributed by atoms with Gasteiger partial charge in [-0.25, -0.2) is 14.3 Å². The largest absolute Gasteiger partial charge is 0.445 e. The van der Waals surface area contributed by atoms with Crippen LogP contribution in [-0.2, 0) is 4.74 Å². The normalized spacial score (nSPS) is 25.9. The zero-order chi connectivity index (χ0) is 22.9. The van der Waals surface area contributed by atoms with E-state index in [1.807, 2.05) is 0 Å². The van der Waals surface area contributed by atoms with Crippen molar-refractivity contribution in [2.75, 3.05) is 0 Å². The molecule has 0 saturated heterocycles. The first kappa shape index (κ1) is 23.7. The summed E-state index contributed by atoms with van der Waals surface area (Å²) in [6.45, 7) is 7.69. The molecule has 31 heavy (non-hydrogen) atoms. The summed E-state index contributed by atoms with van der Waals surface area (Å²) in [5.41, 5.74) is 0.884. The number of imidazole rings is 1. The quantitative estimate of drug-likeness (QED) is 0.551. The van der Waals surface area contributed by atoms with Crippen LogP contribution in [0, 0.1) is 17.8 Å². The van der Waals surface area contributed by atoms with Gasteiger partial charge in [0.05, 0.1) is 17.1 Å². The molecule has 1 aromatic heterocycles. The molecule has 1 heterocycles. The molecule has 1 saturated carbocycles. The summed E-state index contributed by atoms with van der Waals surface area (Å²) < 4.78 is 7.11. The highest BCUT2D eigenvalue weighted by Gasteiger charge is 2.37. The Morgan fingerprint density at radius 3 is 2.42 bits per heavy atom. The molecule has 2 aromatic rings. The molecule has 172 valence electrons.